The number of carbonyl (C=O) groups is 1. The predicted molar refractivity (Wildman–Crippen MR) is 74.0 cm³/mol. The normalized spacial score (nSPS) is 12.4. The van der Waals surface area contributed by atoms with E-state index >= 15 is 0 Å². The summed E-state index contributed by atoms with van der Waals surface area (Å²) in [6.07, 6.45) is 0. The van der Waals surface area contributed by atoms with E-state index < -0.39 is 5.97 Å². The zero-order chi connectivity index (χ0) is 13.9. The van der Waals surface area contributed by atoms with Crippen LogP contribution in [0.15, 0.2) is 5.38 Å². The highest BCUT2D eigenvalue weighted by atomic mass is 32.1. The average Bonchev–Trinajstić information content (AvgIpc) is 2.63. The van der Waals surface area contributed by atoms with Crippen LogP contribution in [0.4, 0.5) is 0 Å². The van der Waals surface area contributed by atoms with Crippen LogP contribution in [0.1, 0.15) is 45.3 Å². The minimum absolute atomic E-state index is 0.0458. The van der Waals surface area contributed by atoms with E-state index in [1.165, 1.54) is 0 Å². The van der Waals surface area contributed by atoms with Gasteiger partial charge in [0, 0.05) is 16.8 Å². The third kappa shape index (κ3) is 4.38. The molecule has 0 spiro atoms. The topological polar surface area (TPSA) is 53.4 Å². The Morgan fingerprint density at radius 1 is 1.50 bits per heavy atom. The van der Waals surface area contributed by atoms with Crippen molar-refractivity contribution in [3.8, 4) is 0 Å². The quantitative estimate of drug-likeness (QED) is 0.894. The lowest BCUT2D eigenvalue weighted by Crippen LogP contribution is -2.35. The molecule has 1 aromatic rings. The second-order valence-electron chi connectivity index (χ2n) is 5.77. The Hall–Kier alpha value is -0.940. The monoisotopic (exact) mass is 270 g/mol. The molecule has 1 heterocycles. The van der Waals surface area contributed by atoms with Gasteiger partial charge in [-0.05, 0) is 13.8 Å². The molecule has 4 nitrogen and oxygen atoms in total. The van der Waals surface area contributed by atoms with Crippen LogP contribution in [0, 0.1) is 0 Å². The lowest BCUT2D eigenvalue weighted by atomic mass is 9.93. The standard InChI is InChI=1S/C13H22N2O2S/c1-9(2)15(7-12(16)17)6-11-14-10(8-18-11)13(3,4)5/h8-9H,6-7H2,1-5H3,(H,16,17). The molecule has 1 aromatic heterocycles. The molecule has 0 fully saturated rings. The minimum Gasteiger partial charge on any atom is -0.480 e. The first-order chi connectivity index (χ1) is 8.20. The molecule has 0 amide bonds. The number of thiazole rings is 1. The smallest absolute Gasteiger partial charge is 0.317 e. The van der Waals surface area contributed by atoms with E-state index in [0.717, 1.165) is 10.7 Å². The number of carboxylic acid groups (broad SMARTS) is 1. The summed E-state index contributed by atoms with van der Waals surface area (Å²) >= 11 is 1.60. The molecule has 0 unspecified atom stereocenters. The van der Waals surface area contributed by atoms with Crippen molar-refractivity contribution in [3.05, 3.63) is 16.1 Å². The summed E-state index contributed by atoms with van der Waals surface area (Å²) in [6.45, 7) is 11.0. The number of carboxylic acids is 1. The molecule has 0 aliphatic rings. The Balaban J connectivity index is 2.76. The number of aromatic nitrogens is 1. The Labute approximate surface area is 113 Å². The van der Waals surface area contributed by atoms with Gasteiger partial charge < -0.3 is 5.11 Å². The van der Waals surface area contributed by atoms with Crippen LogP contribution >= 0.6 is 11.3 Å². The molecule has 102 valence electrons. The summed E-state index contributed by atoms with van der Waals surface area (Å²) in [7, 11) is 0. The SMILES string of the molecule is CC(C)N(CC(=O)O)Cc1nc(C(C)(C)C)cs1. The lowest BCUT2D eigenvalue weighted by molar-refractivity contribution is -0.138. The number of hydrogen-bond donors (Lipinski definition) is 1. The second-order valence-corrected chi connectivity index (χ2v) is 6.71. The lowest BCUT2D eigenvalue weighted by Gasteiger charge is -2.23. The summed E-state index contributed by atoms with van der Waals surface area (Å²) in [4.78, 5) is 17.3. The van der Waals surface area contributed by atoms with Gasteiger partial charge >= 0.3 is 5.97 Å². The fourth-order valence-electron chi connectivity index (χ4n) is 1.50. The van der Waals surface area contributed by atoms with Crippen LogP contribution in [0.3, 0.4) is 0 Å². The van der Waals surface area contributed by atoms with Crippen molar-refractivity contribution in [2.24, 2.45) is 0 Å². The van der Waals surface area contributed by atoms with Gasteiger partial charge in [-0.1, -0.05) is 20.8 Å². The maximum atomic E-state index is 10.8. The predicted octanol–water partition coefficient (Wildman–Crippen LogP) is 2.74. The van der Waals surface area contributed by atoms with Gasteiger partial charge in [0.25, 0.3) is 0 Å². The fourth-order valence-corrected chi connectivity index (χ4v) is 2.54. The zero-order valence-electron chi connectivity index (χ0n) is 11.7. The van der Waals surface area contributed by atoms with Crippen LogP contribution in [-0.4, -0.2) is 33.5 Å². The molecule has 0 aromatic carbocycles. The van der Waals surface area contributed by atoms with Crippen LogP contribution in [0.2, 0.25) is 0 Å². The molecule has 5 heteroatoms. The maximum absolute atomic E-state index is 10.8. The number of rotatable bonds is 5. The van der Waals surface area contributed by atoms with Crippen molar-refractivity contribution in [2.75, 3.05) is 6.54 Å². The molecule has 0 radical (unpaired) electrons. The van der Waals surface area contributed by atoms with E-state index in [4.69, 9.17) is 5.11 Å². The molecule has 0 saturated heterocycles. The first-order valence-electron chi connectivity index (χ1n) is 6.11. The van der Waals surface area contributed by atoms with Crippen molar-refractivity contribution in [3.63, 3.8) is 0 Å². The molecular weight excluding hydrogens is 248 g/mol. The van der Waals surface area contributed by atoms with E-state index in [0.29, 0.717) is 6.54 Å². The molecule has 0 saturated carbocycles. The Morgan fingerprint density at radius 3 is 2.50 bits per heavy atom. The van der Waals surface area contributed by atoms with E-state index in [2.05, 4.69) is 31.1 Å². The van der Waals surface area contributed by atoms with Crippen LogP contribution < -0.4 is 0 Å². The fraction of sp³-hybridized carbons (Fsp3) is 0.692. The first kappa shape index (κ1) is 15.1. The number of aliphatic carboxylic acids is 1. The molecule has 0 bridgehead atoms. The molecule has 18 heavy (non-hydrogen) atoms. The summed E-state index contributed by atoms with van der Waals surface area (Å²) in [5.41, 5.74) is 1.12. The third-order valence-corrected chi connectivity index (χ3v) is 3.56. The van der Waals surface area contributed by atoms with Gasteiger partial charge in [-0.2, -0.15) is 0 Å². The van der Waals surface area contributed by atoms with E-state index in [1.54, 1.807) is 11.3 Å². The van der Waals surface area contributed by atoms with Crippen molar-refractivity contribution < 1.29 is 9.90 Å². The Morgan fingerprint density at radius 2 is 2.11 bits per heavy atom. The van der Waals surface area contributed by atoms with Crippen molar-refractivity contribution in [2.45, 2.75) is 52.6 Å². The summed E-state index contributed by atoms with van der Waals surface area (Å²) < 4.78 is 0. The molecule has 0 atom stereocenters. The van der Waals surface area contributed by atoms with Crippen LogP contribution in [0.5, 0.6) is 0 Å². The van der Waals surface area contributed by atoms with Crippen molar-refractivity contribution in [1.82, 2.24) is 9.88 Å². The molecule has 1 N–H and O–H groups in total. The highest BCUT2D eigenvalue weighted by Gasteiger charge is 2.20. The average molecular weight is 270 g/mol. The van der Waals surface area contributed by atoms with Crippen LogP contribution in [0.25, 0.3) is 0 Å². The van der Waals surface area contributed by atoms with E-state index in [1.807, 2.05) is 18.7 Å². The summed E-state index contributed by atoms with van der Waals surface area (Å²) in [5.74, 6) is -0.795. The van der Waals surface area contributed by atoms with E-state index in [-0.39, 0.29) is 18.0 Å². The van der Waals surface area contributed by atoms with Gasteiger partial charge in [-0.3, -0.25) is 9.69 Å². The molecule has 0 aliphatic carbocycles. The number of hydrogen-bond acceptors (Lipinski definition) is 4. The van der Waals surface area contributed by atoms with Gasteiger partial charge in [0.2, 0.25) is 0 Å². The second kappa shape index (κ2) is 5.80. The van der Waals surface area contributed by atoms with Gasteiger partial charge in [-0.25, -0.2) is 4.98 Å². The Kier molecular flexibility index (Phi) is 4.87. The first-order valence-corrected chi connectivity index (χ1v) is 6.99. The largest absolute Gasteiger partial charge is 0.480 e. The number of nitrogens with zero attached hydrogens (tertiary/aromatic N) is 2. The summed E-state index contributed by atoms with van der Waals surface area (Å²) in [5, 5.41) is 11.9. The maximum Gasteiger partial charge on any atom is 0.317 e. The summed E-state index contributed by atoms with van der Waals surface area (Å²) in [6, 6.07) is 0.197. The zero-order valence-corrected chi connectivity index (χ0v) is 12.5. The van der Waals surface area contributed by atoms with Crippen LogP contribution in [-0.2, 0) is 16.8 Å². The molecule has 0 aliphatic heterocycles. The van der Waals surface area contributed by atoms with Gasteiger partial charge in [0.15, 0.2) is 0 Å². The highest BCUT2D eigenvalue weighted by molar-refractivity contribution is 7.09. The van der Waals surface area contributed by atoms with Gasteiger partial charge in [0.05, 0.1) is 18.8 Å². The third-order valence-electron chi connectivity index (χ3n) is 2.73. The van der Waals surface area contributed by atoms with Crippen molar-refractivity contribution in [1.29, 1.82) is 0 Å². The van der Waals surface area contributed by atoms with Gasteiger partial charge in [0.1, 0.15) is 5.01 Å². The van der Waals surface area contributed by atoms with E-state index in [9.17, 15) is 4.79 Å². The highest BCUT2D eigenvalue weighted by Crippen LogP contribution is 2.24. The molecule has 1 rings (SSSR count). The van der Waals surface area contributed by atoms with Gasteiger partial charge in [-0.15, -0.1) is 11.3 Å². The molecular formula is C13H22N2O2S. The van der Waals surface area contributed by atoms with Crippen molar-refractivity contribution >= 4 is 17.3 Å². The minimum atomic E-state index is -0.795. The Bertz CT molecular complexity index is 407.